The molecule has 0 bridgehead atoms. The van der Waals surface area contributed by atoms with Crippen LogP contribution in [0.2, 0.25) is 0 Å². The van der Waals surface area contributed by atoms with E-state index >= 15 is 0 Å². The number of carboxylic acid groups (broad SMARTS) is 1. The van der Waals surface area contributed by atoms with E-state index in [0.29, 0.717) is 6.54 Å². The molecule has 1 aliphatic rings. The third-order valence-corrected chi connectivity index (χ3v) is 4.60. The highest BCUT2D eigenvalue weighted by atomic mass is 16.5. The molecule has 1 aliphatic heterocycles. The summed E-state index contributed by atoms with van der Waals surface area (Å²) < 4.78 is 10.4. The first-order chi connectivity index (χ1) is 12.0. The van der Waals surface area contributed by atoms with E-state index in [4.69, 9.17) is 14.6 Å². The predicted octanol–water partition coefficient (Wildman–Crippen LogP) is 2.26. The summed E-state index contributed by atoms with van der Waals surface area (Å²) in [5.74, 6) is -0.677. The summed E-state index contributed by atoms with van der Waals surface area (Å²) in [6.07, 6.45) is -0.950. The highest BCUT2D eigenvalue weighted by Crippen LogP contribution is 2.26. The molecule has 2 aromatic rings. The Hall–Kier alpha value is -2.60. The highest BCUT2D eigenvalue weighted by molar-refractivity contribution is 5.88. The molecule has 0 spiro atoms. The van der Waals surface area contributed by atoms with Crippen molar-refractivity contribution < 1.29 is 24.2 Å². The third-order valence-electron chi connectivity index (χ3n) is 4.60. The van der Waals surface area contributed by atoms with Crippen molar-refractivity contribution in [3.05, 3.63) is 42.0 Å². The molecular weight excluding hydrogens is 322 g/mol. The van der Waals surface area contributed by atoms with E-state index in [0.717, 1.165) is 22.1 Å². The second-order valence-electron chi connectivity index (χ2n) is 6.18. The maximum absolute atomic E-state index is 12.8. The number of benzene rings is 2. The Labute approximate surface area is 145 Å². The molecule has 6 heteroatoms. The van der Waals surface area contributed by atoms with Gasteiger partial charge >= 0.3 is 5.97 Å². The average molecular weight is 343 g/mol. The molecule has 0 radical (unpaired) electrons. The molecule has 3 rings (SSSR count). The number of carbonyl (C=O) groups is 2. The molecule has 1 N–H and O–H groups in total. The molecule has 2 aromatic carbocycles. The minimum Gasteiger partial charge on any atom is -0.497 e. The van der Waals surface area contributed by atoms with Gasteiger partial charge in [0, 0.05) is 6.54 Å². The lowest BCUT2D eigenvalue weighted by Crippen LogP contribution is -2.49. The molecule has 0 aliphatic carbocycles. The summed E-state index contributed by atoms with van der Waals surface area (Å²) in [5, 5.41) is 11.2. The molecule has 2 unspecified atom stereocenters. The number of ether oxygens (including phenoxy) is 2. The Morgan fingerprint density at radius 1 is 1.24 bits per heavy atom. The summed E-state index contributed by atoms with van der Waals surface area (Å²) in [6.45, 7) is 2.59. The van der Waals surface area contributed by atoms with Gasteiger partial charge in [0.25, 0.3) is 0 Å². The molecule has 1 fully saturated rings. The second-order valence-corrected chi connectivity index (χ2v) is 6.18. The lowest BCUT2D eigenvalue weighted by atomic mass is 9.96. The largest absolute Gasteiger partial charge is 0.497 e. The Morgan fingerprint density at radius 3 is 2.68 bits per heavy atom. The van der Waals surface area contributed by atoms with Gasteiger partial charge in [0.2, 0.25) is 5.91 Å². The first kappa shape index (κ1) is 17.2. The van der Waals surface area contributed by atoms with Gasteiger partial charge in [-0.15, -0.1) is 0 Å². The number of carboxylic acids is 1. The monoisotopic (exact) mass is 343 g/mol. The van der Waals surface area contributed by atoms with Crippen LogP contribution in [0.5, 0.6) is 5.75 Å². The van der Waals surface area contributed by atoms with E-state index in [2.05, 4.69) is 0 Å². The normalized spacial score (nSPS) is 18.8. The fourth-order valence-corrected chi connectivity index (χ4v) is 3.05. The van der Waals surface area contributed by atoms with Gasteiger partial charge in [-0.25, -0.2) is 4.79 Å². The summed E-state index contributed by atoms with van der Waals surface area (Å²) >= 11 is 0. The number of methoxy groups -OCH3 is 1. The maximum Gasteiger partial charge on any atom is 0.334 e. The zero-order valence-electron chi connectivity index (χ0n) is 14.3. The van der Waals surface area contributed by atoms with Crippen LogP contribution in [0, 0.1) is 0 Å². The quantitative estimate of drug-likeness (QED) is 0.921. The van der Waals surface area contributed by atoms with Crippen molar-refractivity contribution in [1.82, 2.24) is 4.90 Å². The van der Waals surface area contributed by atoms with Gasteiger partial charge in [0.15, 0.2) is 6.10 Å². The minimum atomic E-state index is -1.04. The number of rotatable bonds is 4. The Bertz CT molecular complexity index is 804. The molecule has 1 amide bonds. The van der Waals surface area contributed by atoms with Crippen molar-refractivity contribution in [3.63, 3.8) is 0 Å². The number of nitrogens with zero attached hydrogens (tertiary/aromatic N) is 1. The van der Waals surface area contributed by atoms with Crippen LogP contribution in [0.4, 0.5) is 0 Å². The van der Waals surface area contributed by atoms with Gasteiger partial charge in [0.05, 0.1) is 26.2 Å². The van der Waals surface area contributed by atoms with E-state index < -0.39 is 12.1 Å². The van der Waals surface area contributed by atoms with Crippen molar-refractivity contribution in [2.24, 2.45) is 0 Å². The van der Waals surface area contributed by atoms with E-state index in [1.54, 1.807) is 12.0 Å². The Morgan fingerprint density at radius 2 is 1.96 bits per heavy atom. The first-order valence-corrected chi connectivity index (χ1v) is 8.20. The number of hydrogen-bond donors (Lipinski definition) is 1. The lowest BCUT2D eigenvalue weighted by Gasteiger charge is -2.32. The van der Waals surface area contributed by atoms with Gasteiger partial charge in [-0.2, -0.15) is 0 Å². The van der Waals surface area contributed by atoms with Crippen LogP contribution >= 0.6 is 0 Å². The molecule has 132 valence electrons. The minimum absolute atomic E-state index is 0.0811. The fraction of sp³-hybridized carbons (Fsp3) is 0.368. The number of aliphatic carboxylic acids is 1. The second kappa shape index (κ2) is 7.11. The van der Waals surface area contributed by atoms with Crippen molar-refractivity contribution in [2.45, 2.75) is 18.9 Å². The topological polar surface area (TPSA) is 76.1 Å². The molecule has 1 heterocycles. The van der Waals surface area contributed by atoms with E-state index in [9.17, 15) is 9.59 Å². The van der Waals surface area contributed by atoms with Crippen LogP contribution in [-0.4, -0.2) is 54.8 Å². The molecule has 0 saturated carbocycles. The average Bonchev–Trinajstić information content (AvgIpc) is 2.66. The van der Waals surface area contributed by atoms with Gasteiger partial charge in [-0.3, -0.25) is 4.79 Å². The van der Waals surface area contributed by atoms with Gasteiger partial charge < -0.3 is 19.5 Å². The predicted molar refractivity (Wildman–Crippen MR) is 92.9 cm³/mol. The van der Waals surface area contributed by atoms with Crippen molar-refractivity contribution in [2.75, 3.05) is 26.8 Å². The summed E-state index contributed by atoms with van der Waals surface area (Å²) in [4.78, 5) is 25.4. The van der Waals surface area contributed by atoms with Crippen LogP contribution in [0.15, 0.2) is 36.4 Å². The summed E-state index contributed by atoms with van der Waals surface area (Å²) in [5.41, 5.74) is 0.904. The van der Waals surface area contributed by atoms with Gasteiger partial charge in [0.1, 0.15) is 5.75 Å². The first-order valence-electron chi connectivity index (χ1n) is 8.20. The van der Waals surface area contributed by atoms with Crippen molar-refractivity contribution >= 4 is 22.6 Å². The molecule has 6 nitrogen and oxygen atoms in total. The zero-order chi connectivity index (χ0) is 18.0. The van der Waals surface area contributed by atoms with Crippen LogP contribution in [0.25, 0.3) is 10.8 Å². The number of carbonyl (C=O) groups excluding carboxylic acids is 1. The number of morpholine rings is 1. The SMILES string of the molecule is COc1ccc2cc(C(C)C(=O)N3CCOC(C(=O)O)C3)ccc2c1. The Kier molecular flexibility index (Phi) is 4.90. The summed E-state index contributed by atoms with van der Waals surface area (Å²) in [7, 11) is 1.63. The molecule has 0 aromatic heterocycles. The zero-order valence-corrected chi connectivity index (χ0v) is 14.3. The maximum atomic E-state index is 12.8. The molecule has 25 heavy (non-hydrogen) atoms. The smallest absolute Gasteiger partial charge is 0.334 e. The third kappa shape index (κ3) is 3.58. The number of amides is 1. The molecule has 2 atom stereocenters. The fourth-order valence-electron chi connectivity index (χ4n) is 3.05. The van der Waals surface area contributed by atoms with Crippen molar-refractivity contribution in [3.8, 4) is 5.75 Å². The van der Waals surface area contributed by atoms with Crippen LogP contribution in [0.1, 0.15) is 18.4 Å². The summed E-state index contributed by atoms with van der Waals surface area (Å²) in [6, 6.07) is 11.7. The van der Waals surface area contributed by atoms with Gasteiger partial charge in [-0.05, 0) is 35.4 Å². The Balaban J connectivity index is 1.79. The van der Waals surface area contributed by atoms with E-state index in [1.807, 2.05) is 43.3 Å². The van der Waals surface area contributed by atoms with Crippen molar-refractivity contribution in [1.29, 1.82) is 0 Å². The number of hydrogen-bond acceptors (Lipinski definition) is 4. The molecule has 1 saturated heterocycles. The number of fused-ring (bicyclic) bond motifs is 1. The lowest BCUT2D eigenvalue weighted by molar-refractivity contribution is -0.159. The molecular formula is C19H21NO5. The highest BCUT2D eigenvalue weighted by Gasteiger charge is 2.31. The standard InChI is InChI=1S/C19H21NO5/c1-12(18(21)20-7-8-25-17(11-20)19(22)23)13-3-4-15-10-16(24-2)6-5-14(15)9-13/h3-6,9-10,12,17H,7-8,11H2,1-2H3,(H,22,23). The van der Waals surface area contributed by atoms with Crippen LogP contribution in [0.3, 0.4) is 0 Å². The van der Waals surface area contributed by atoms with Gasteiger partial charge in [-0.1, -0.05) is 24.3 Å². The van der Waals surface area contributed by atoms with Crippen LogP contribution < -0.4 is 4.74 Å². The van der Waals surface area contributed by atoms with E-state index in [1.165, 1.54) is 0 Å². The van der Waals surface area contributed by atoms with Crippen LogP contribution in [-0.2, 0) is 14.3 Å². The van der Waals surface area contributed by atoms with E-state index in [-0.39, 0.29) is 25.0 Å².